The van der Waals surface area contributed by atoms with Crippen molar-refractivity contribution in [2.24, 2.45) is 0 Å². The lowest BCUT2D eigenvalue weighted by molar-refractivity contribution is -0.122. The molecule has 8 heteroatoms. The van der Waals surface area contributed by atoms with Gasteiger partial charge in [0.05, 0.1) is 15.6 Å². The molecule has 2 amide bonds. The van der Waals surface area contributed by atoms with Crippen LogP contribution in [0.1, 0.15) is 31.1 Å². The molecule has 0 aliphatic carbocycles. The van der Waals surface area contributed by atoms with E-state index in [1.54, 1.807) is 25.1 Å². The van der Waals surface area contributed by atoms with Gasteiger partial charge in [0.25, 0.3) is 5.91 Å². The Morgan fingerprint density at radius 2 is 1.87 bits per heavy atom. The van der Waals surface area contributed by atoms with E-state index in [1.165, 1.54) is 0 Å². The largest absolute Gasteiger partial charge is 0.353 e. The number of likely N-dealkylation sites (N-methyl/N-ethyl adjacent to an activating group) is 1. The summed E-state index contributed by atoms with van der Waals surface area (Å²) in [6, 6.07) is 4.28. The second-order valence-electron chi connectivity index (χ2n) is 5.00. The van der Waals surface area contributed by atoms with Gasteiger partial charge in [0, 0.05) is 12.6 Å². The average Bonchev–Trinajstić information content (AvgIpc) is 2.47. The van der Waals surface area contributed by atoms with Crippen LogP contribution < -0.4 is 16.0 Å². The number of amides is 2. The van der Waals surface area contributed by atoms with Crippen LogP contribution in [0, 0.1) is 0 Å². The van der Waals surface area contributed by atoms with Gasteiger partial charge in [-0.05, 0) is 32.5 Å². The third kappa shape index (κ3) is 6.96. The Bertz CT molecular complexity index is 541. The molecule has 3 N–H and O–H groups in total. The van der Waals surface area contributed by atoms with E-state index in [0.29, 0.717) is 11.6 Å². The number of hydrogen-bond acceptors (Lipinski definition) is 3. The van der Waals surface area contributed by atoms with Gasteiger partial charge in [-0.3, -0.25) is 9.59 Å². The first-order valence-corrected chi connectivity index (χ1v) is 7.88. The molecule has 0 bridgehead atoms. The van der Waals surface area contributed by atoms with Crippen LogP contribution in [-0.4, -0.2) is 37.0 Å². The molecule has 0 aliphatic heterocycles. The van der Waals surface area contributed by atoms with Gasteiger partial charge in [0.1, 0.15) is 6.04 Å². The van der Waals surface area contributed by atoms with Crippen molar-refractivity contribution >= 4 is 47.4 Å². The molecule has 5 nitrogen and oxygen atoms in total. The summed E-state index contributed by atoms with van der Waals surface area (Å²) in [5, 5.41) is 9.04. The monoisotopic (exact) mass is 381 g/mol. The SMILES string of the molecule is CCN[C@H](C)CNC(=O)C(C)NC(=O)c1cccc(Cl)c1Cl.Cl. The topological polar surface area (TPSA) is 70.2 Å². The Labute approximate surface area is 152 Å². The van der Waals surface area contributed by atoms with Crippen molar-refractivity contribution < 1.29 is 9.59 Å². The normalized spacial score (nSPS) is 12.7. The quantitative estimate of drug-likeness (QED) is 0.679. The molecule has 1 aromatic rings. The number of carbonyl (C=O) groups is 2. The van der Waals surface area contributed by atoms with E-state index < -0.39 is 11.9 Å². The van der Waals surface area contributed by atoms with Crippen molar-refractivity contribution in [3.8, 4) is 0 Å². The van der Waals surface area contributed by atoms with E-state index in [0.717, 1.165) is 6.54 Å². The summed E-state index contributed by atoms with van der Waals surface area (Å²) in [6.45, 7) is 6.90. The average molecular weight is 383 g/mol. The van der Waals surface area contributed by atoms with Crippen molar-refractivity contribution in [1.29, 1.82) is 0 Å². The number of nitrogens with one attached hydrogen (secondary N) is 3. The fourth-order valence-corrected chi connectivity index (χ4v) is 2.23. The predicted molar refractivity (Wildman–Crippen MR) is 96.8 cm³/mol. The molecular weight excluding hydrogens is 361 g/mol. The minimum absolute atomic E-state index is 0. The van der Waals surface area contributed by atoms with Crippen molar-refractivity contribution in [2.75, 3.05) is 13.1 Å². The Morgan fingerprint density at radius 3 is 2.48 bits per heavy atom. The van der Waals surface area contributed by atoms with Crippen molar-refractivity contribution in [1.82, 2.24) is 16.0 Å². The highest BCUT2D eigenvalue weighted by Crippen LogP contribution is 2.25. The maximum atomic E-state index is 12.1. The zero-order valence-electron chi connectivity index (χ0n) is 13.3. The molecule has 0 spiro atoms. The highest BCUT2D eigenvalue weighted by atomic mass is 35.5. The third-order valence-electron chi connectivity index (χ3n) is 3.07. The van der Waals surface area contributed by atoms with Gasteiger partial charge in [0.15, 0.2) is 0 Å². The van der Waals surface area contributed by atoms with Crippen molar-refractivity contribution in [3.05, 3.63) is 33.8 Å². The standard InChI is InChI=1S/C15H21Cl2N3O2.ClH/c1-4-18-9(2)8-19-14(21)10(3)20-15(22)11-6-5-7-12(16)13(11)17;/h5-7,9-10,18H,4,8H2,1-3H3,(H,19,21)(H,20,22);1H/t9-,10?;/m1./s1. The summed E-state index contributed by atoms with van der Waals surface area (Å²) in [4.78, 5) is 24.1. The Kier molecular flexibility index (Phi) is 10.2. The first-order valence-electron chi connectivity index (χ1n) is 7.12. The predicted octanol–water partition coefficient (Wildman–Crippen LogP) is 2.65. The Morgan fingerprint density at radius 1 is 1.22 bits per heavy atom. The summed E-state index contributed by atoms with van der Waals surface area (Å²) in [6.07, 6.45) is 0. The molecule has 0 aromatic heterocycles. The molecule has 0 radical (unpaired) electrons. The van der Waals surface area contributed by atoms with E-state index in [2.05, 4.69) is 16.0 Å². The lowest BCUT2D eigenvalue weighted by atomic mass is 10.2. The molecule has 23 heavy (non-hydrogen) atoms. The lowest BCUT2D eigenvalue weighted by Crippen LogP contribution is -2.48. The summed E-state index contributed by atoms with van der Waals surface area (Å²) < 4.78 is 0. The van der Waals surface area contributed by atoms with Gasteiger partial charge in [-0.1, -0.05) is 36.2 Å². The van der Waals surface area contributed by atoms with E-state index >= 15 is 0 Å². The van der Waals surface area contributed by atoms with Crippen LogP contribution in [0.25, 0.3) is 0 Å². The number of carbonyl (C=O) groups excluding carboxylic acids is 2. The number of halogens is 3. The van der Waals surface area contributed by atoms with Gasteiger partial charge in [-0.15, -0.1) is 12.4 Å². The molecule has 0 aliphatic rings. The van der Waals surface area contributed by atoms with Crippen molar-refractivity contribution in [2.45, 2.75) is 32.9 Å². The number of benzene rings is 1. The highest BCUT2D eigenvalue weighted by Gasteiger charge is 2.19. The van der Waals surface area contributed by atoms with Gasteiger partial charge in [-0.25, -0.2) is 0 Å². The first-order chi connectivity index (χ1) is 10.4. The van der Waals surface area contributed by atoms with Crippen LogP contribution in [0.15, 0.2) is 18.2 Å². The molecule has 0 heterocycles. The zero-order valence-corrected chi connectivity index (χ0v) is 15.6. The second kappa shape index (κ2) is 10.7. The molecule has 1 unspecified atom stereocenters. The van der Waals surface area contributed by atoms with Gasteiger partial charge < -0.3 is 16.0 Å². The number of rotatable bonds is 7. The van der Waals surface area contributed by atoms with Crippen LogP contribution in [-0.2, 0) is 4.79 Å². The van der Waals surface area contributed by atoms with E-state index in [-0.39, 0.29) is 34.9 Å². The summed E-state index contributed by atoms with van der Waals surface area (Å²) >= 11 is 11.9. The molecular formula is C15H22Cl3N3O2. The van der Waals surface area contributed by atoms with Crippen LogP contribution in [0.2, 0.25) is 10.0 Å². The molecule has 130 valence electrons. The molecule has 0 saturated carbocycles. The third-order valence-corrected chi connectivity index (χ3v) is 3.89. The maximum Gasteiger partial charge on any atom is 0.253 e. The second-order valence-corrected chi connectivity index (χ2v) is 5.79. The first kappa shape index (κ1) is 22.0. The summed E-state index contributed by atoms with van der Waals surface area (Å²) in [5.74, 6) is -0.689. The highest BCUT2D eigenvalue weighted by molar-refractivity contribution is 6.43. The van der Waals surface area contributed by atoms with E-state index in [9.17, 15) is 9.59 Å². The Hall–Kier alpha value is -1.01. The molecule has 2 atom stereocenters. The smallest absolute Gasteiger partial charge is 0.253 e. The minimum atomic E-state index is -0.670. The van der Waals surface area contributed by atoms with Crippen molar-refractivity contribution in [3.63, 3.8) is 0 Å². The Balaban J connectivity index is 0.00000484. The summed E-state index contributed by atoms with van der Waals surface area (Å²) in [7, 11) is 0. The zero-order chi connectivity index (χ0) is 16.7. The minimum Gasteiger partial charge on any atom is -0.353 e. The van der Waals surface area contributed by atoms with Gasteiger partial charge in [0.2, 0.25) is 5.91 Å². The molecule has 1 aromatic carbocycles. The van der Waals surface area contributed by atoms with Crippen LogP contribution >= 0.6 is 35.6 Å². The lowest BCUT2D eigenvalue weighted by Gasteiger charge is -2.17. The van der Waals surface area contributed by atoms with Crippen LogP contribution in [0.5, 0.6) is 0 Å². The van der Waals surface area contributed by atoms with Gasteiger partial charge >= 0.3 is 0 Å². The molecule has 1 rings (SSSR count). The fourth-order valence-electron chi connectivity index (χ4n) is 1.85. The van der Waals surface area contributed by atoms with E-state index in [1.807, 2.05) is 13.8 Å². The molecule has 0 saturated heterocycles. The fraction of sp³-hybridized carbons (Fsp3) is 0.467. The van der Waals surface area contributed by atoms with Gasteiger partial charge in [-0.2, -0.15) is 0 Å². The maximum absolute atomic E-state index is 12.1. The summed E-state index contributed by atoms with van der Waals surface area (Å²) in [5.41, 5.74) is 0.245. The molecule has 0 fully saturated rings. The van der Waals surface area contributed by atoms with Crippen LogP contribution in [0.3, 0.4) is 0 Å². The van der Waals surface area contributed by atoms with E-state index in [4.69, 9.17) is 23.2 Å². The van der Waals surface area contributed by atoms with Crippen LogP contribution in [0.4, 0.5) is 0 Å². The number of hydrogen-bond donors (Lipinski definition) is 3.